The summed E-state index contributed by atoms with van der Waals surface area (Å²) < 4.78 is 9.45. The van der Waals surface area contributed by atoms with Crippen LogP contribution in [0.4, 0.5) is 23.0 Å². The minimum Gasteiger partial charge on any atom is -0.465 e. The molecule has 0 amide bonds. The fourth-order valence-electron chi connectivity index (χ4n) is 3.44. The Balaban J connectivity index is 1.99. The van der Waals surface area contributed by atoms with E-state index in [1.165, 1.54) is 38.7 Å². The number of anilines is 3. The van der Waals surface area contributed by atoms with Gasteiger partial charge in [-0.25, -0.2) is 19.6 Å². The molecule has 12 heteroatoms. The van der Waals surface area contributed by atoms with E-state index in [2.05, 4.69) is 27.1 Å². The lowest BCUT2D eigenvalue weighted by molar-refractivity contribution is -0.383. The highest BCUT2D eigenvalue weighted by molar-refractivity contribution is 5.97. The number of esters is 2. The molecule has 0 radical (unpaired) electrons. The Kier molecular flexibility index (Phi) is 7.15. The van der Waals surface area contributed by atoms with Crippen molar-refractivity contribution in [2.24, 2.45) is 0 Å². The molecule has 0 unspecified atom stereocenters. The molecule has 0 atom stereocenters. The second kappa shape index (κ2) is 10.0. The van der Waals surface area contributed by atoms with Gasteiger partial charge in [-0.3, -0.25) is 10.1 Å². The van der Waals surface area contributed by atoms with Gasteiger partial charge in [-0.1, -0.05) is 6.92 Å². The number of nitro groups is 1. The highest BCUT2D eigenvalue weighted by Crippen LogP contribution is 2.34. The van der Waals surface area contributed by atoms with E-state index in [1.54, 1.807) is 0 Å². The number of benzene rings is 1. The van der Waals surface area contributed by atoms with E-state index < -0.39 is 16.9 Å². The van der Waals surface area contributed by atoms with Crippen molar-refractivity contribution in [3.8, 4) is 0 Å². The summed E-state index contributed by atoms with van der Waals surface area (Å²) in [6.45, 7) is 5.69. The number of carbonyl (C=O) groups is 2. The number of methoxy groups -OCH3 is 2. The lowest BCUT2D eigenvalue weighted by Gasteiger charge is -2.34. The van der Waals surface area contributed by atoms with Gasteiger partial charge in [0.1, 0.15) is 6.33 Å². The van der Waals surface area contributed by atoms with Gasteiger partial charge in [0.25, 0.3) is 0 Å². The quantitative estimate of drug-likeness (QED) is 0.380. The molecule has 0 aliphatic carbocycles. The molecule has 1 saturated heterocycles. The topological polar surface area (TPSA) is 140 Å². The first kappa shape index (κ1) is 22.9. The predicted molar refractivity (Wildman–Crippen MR) is 115 cm³/mol. The molecule has 2 aromatic rings. The van der Waals surface area contributed by atoms with Crippen molar-refractivity contribution in [1.29, 1.82) is 0 Å². The van der Waals surface area contributed by atoms with Crippen LogP contribution in [0, 0.1) is 10.1 Å². The van der Waals surface area contributed by atoms with Gasteiger partial charge in [-0.15, -0.1) is 0 Å². The van der Waals surface area contributed by atoms with Gasteiger partial charge >= 0.3 is 17.6 Å². The minimum absolute atomic E-state index is 0.0595. The SMILES string of the molecule is CCN1CCN(c2ncnc(Nc3cc(C(=O)OC)cc(C(=O)OC)c3)c2[N+](=O)[O-])CC1. The van der Waals surface area contributed by atoms with E-state index in [4.69, 9.17) is 9.47 Å². The van der Waals surface area contributed by atoms with Crippen LogP contribution in [-0.4, -0.2) is 78.7 Å². The van der Waals surface area contributed by atoms with Gasteiger partial charge in [-0.2, -0.15) is 0 Å². The number of nitrogens with one attached hydrogen (secondary N) is 1. The van der Waals surface area contributed by atoms with Crippen molar-refractivity contribution >= 4 is 34.9 Å². The summed E-state index contributed by atoms with van der Waals surface area (Å²) in [4.78, 5) is 47.7. The number of likely N-dealkylation sites (N-methyl/N-ethyl adjacent to an activating group) is 1. The lowest BCUT2D eigenvalue weighted by atomic mass is 10.1. The summed E-state index contributed by atoms with van der Waals surface area (Å²) in [6.07, 6.45) is 1.24. The molecule has 0 saturated carbocycles. The number of piperazine rings is 1. The van der Waals surface area contributed by atoms with Gasteiger partial charge in [0.15, 0.2) is 0 Å². The highest BCUT2D eigenvalue weighted by atomic mass is 16.6. The normalized spacial score (nSPS) is 14.0. The summed E-state index contributed by atoms with van der Waals surface area (Å²) in [5.41, 5.74) is 0.0911. The third-order valence-electron chi connectivity index (χ3n) is 5.14. The zero-order chi connectivity index (χ0) is 23.3. The van der Waals surface area contributed by atoms with E-state index in [0.717, 1.165) is 19.6 Å². The maximum Gasteiger partial charge on any atom is 0.353 e. The smallest absolute Gasteiger partial charge is 0.353 e. The molecule has 12 nitrogen and oxygen atoms in total. The predicted octanol–water partition coefficient (Wildman–Crippen LogP) is 1.84. The fraction of sp³-hybridized carbons (Fsp3) is 0.400. The van der Waals surface area contributed by atoms with Crippen LogP contribution < -0.4 is 10.2 Å². The van der Waals surface area contributed by atoms with Gasteiger partial charge in [0.2, 0.25) is 11.6 Å². The van der Waals surface area contributed by atoms with Crippen LogP contribution in [0.1, 0.15) is 27.6 Å². The molecule has 1 fully saturated rings. The second-order valence-corrected chi connectivity index (χ2v) is 6.98. The molecule has 0 spiro atoms. The summed E-state index contributed by atoms with van der Waals surface area (Å²) >= 11 is 0. The van der Waals surface area contributed by atoms with Gasteiger partial charge < -0.3 is 24.6 Å². The molecular weight excluding hydrogens is 420 g/mol. The van der Waals surface area contributed by atoms with Crippen molar-refractivity contribution in [2.45, 2.75) is 6.92 Å². The zero-order valence-electron chi connectivity index (χ0n) is 18.0. The molecule has 0 bridgehead atoms. The number of aromatic nitrogens is 2. The Hall–Kier alpha value is -3.80. The van der Waals surface area contributed by atoms with Crippen molar-refractivity contribution < 1.29 is 24.0 Å². The average Bonchev–Trinajstić information content (AvgIpc) is 2.82. The minimum atomic E-state index is -0.675. The molecule has 3 rings (SSSR count). The molecule has 1 N–H and O–H groups in total. The van der Waals surface area contributed by atoms with E-state index in [1.807, 2.05) is 4.90 Å². The fourth-order valence-corrected chi connectivity index (χ4v) is 3.44. The van der Waals surface area contributed by atoms with Crippen molar-refractivity contribution in [2.75, 3.05) is 57.2 Å². The van der Waals surface area contributed by atoms with Crippen molar-refractivity contribution in [3.63, 3.8) is 0 Å². The number of carbonyl (C=O) groups excluding carboxylic acids is 2. The van der Waals surface area contributed by atoms with Crippen LogP contribution in [0.2, 0.25) is 0 Å². The lowest BCUT2D eigenvalue weighted by Crippen LogP contribution is -2.46. The number of hydrogen-bond acceptors (Lipinski definition) is 11. The monoisotopic (exact) mass is 444 g/mol. The second-order valence-electron chi connectivity index (χ2n) is 6.98. The first-order valence-corrected chi connectivity index (χ1v) is 9.93. The molecule has 1 aromatic carbocycles. The molecule has 2 heterocycles. The Morgan fingerprint density at radius 3 is 2.16 bits per heavy atom. The number of nitrogens with zero attached hydrogens (tertiary/aromatic N) is 5. The van der Waals surface area contributed by atoms with Crippen LogP contribution >= 0.6 is 0 Å². The summed E-state index contributed by atoms with van der Waals surface area (Å²) in [7, 11) is 2.42. The number of hydrogen-bond donors (Lipinski definition) is 1. The summed E-state index contributed by atoms with van der Waals surface area (Å²) in [6, 6.07) is 4.13. The van der Waals surface area contributed by atoms with Crippen LogP contribution in [0.15, 0.2) is 24.5 Å². The highest BCUT2D eigenvalue weighted by Gasteiger charge is 2.29. The van der Waals surface area contributed by atoms with Crippen LogP contribution in [-0.2, 0) is 9.47 Å². The van der Waals surface area contributed by atoms with Crippen molar-refractivity contribution in [1.82, 2.24) is 14.9 Å². The molecule has 32 heavy (non-hydrogen) atoms. The molecule has 1 aliphatic heterocycles. The Labute approximate surface area is 184 Å². The average molecular weight is 444 g/mol. The summed E-state index contributed by atoms with van der Waals surface area (Å²) in [5.74, 6) is -1.20. The zero-order valence-corrected chi connectivity index (χ0v) is 18.0. The maximum absolute atomic E-state index is 12.0. The first-order chi connectivity index (χ1) is 15.4. The van der Waals surface area contributed by atoms with Crippen LogP contribution in [0.3, 0.4) is 0 Å². The Bertz CT molecular complexity index is 987. The van der Waals surface area contributed by atoms with E-state index in [0.29, 0.717) is 13.1 Å². The third kappa shape index (κ3) is 4.91. The molecule has 1 aromatic heterocycles. The number of rotatable bonds is 7. The van der Waals surface area contributed by atoms with Crippen LogP contribution in [0.5, 0.6) is 0 Å². The Morgan fingerprint density at radius 2 is 1.66 bits per heavy atom. The molecule has 170 valence electrons. The number of ether oxygens (including phenoxy) is 2. The van der Waals surface area contributed by atoms with Gasteiger partial charge in [0.05, 0.1) is 30.3 Å². The first-order valence-electron chi connectivity index (χ1n) is 9.93. The van der Waals surface area contributed by atoms with Gasteiger partial charge in [-0.05, 0) is 24.7 Å². The maximum atomic E-state index is 12.0. The van der Waals surface area contributed by atoms with E-state index in [9.17, 15) is 19.7 Å². The molecule has 1 aliphatic rings. The van der Waals surface area contributed by atoms with Crippen LogP contribution in [0.25, 0.3) is 0 Å². The largest absolute Gasteiger partial charge is 0.465 e. The van der Waals surface area contributed by atoms with Gasteiger partial charge in [0, 0.05) is 31.9 Å². The van der Waals surface area contributed by atoms with E-state index in [-0.39, 0.29) is 34.1 Å². The third-order valence-corrected chi connectivity index (χ3v) is 5.14. The summed E-state index contributed by atoms with van der Waals surface area (Å²) in [5, 5.41) is 14.8. The van der Waals surface area contributed by atoms with E-state index >= 15 is 0 Å². The molecular formula is C20H24N6O6. The van der Waals surface area contributed by atoms with Crippen molar-refractivity contribution in [3.05, 3.63) is 45.8 Å². The standard InChI is InChI=1S/C20H24N6O6/c1-4-24-5-7-25(8-6-24)18-16(26(29)30)17(21-12-22-18)23-15-10-13(19(27)31-2)9-14(11-15)20(28)32-3/h9-12H,4-8H2,1-3H3,(H,21,22,23). The Morgan fingerprint density at radius 1 is 1.06 bits per heavy atom.